The summed E-state index contributed by atoms with van der Waals surface area (Å²) in [5.41, 5.74) is 0. The third-order valence-electron chi connectivity index (χ3n) is 1.12. The molecule has 0 spiro atoms. The Labute approximate surface area is 46.2 Å². The van der Waals surface area contributed by atoms with E-state index in [-0.39, 0.29) is 12.6 Å². The highest BCUT2D eigenvalue weighted by molar-refractivity contribution is 4.58. The highest BCUT2D eigenvalue weighted by Crippen LogP contribution is 2.22. The standard InChI is InChI=1S/C4H6O4/c1-2-6-4-3(5-1)7-8-4/h3-4H,1-2H2. The normalized spacial score (nSPS) is 45.0. The molecule has 0 saturated carbocycles. The van der Waals surface area contributed by atoms with Crippen LogP contribution < -0.4 is 0 Å². The molecule has 2 fully saturated rings. The molecule has 0 aromatic carbocycles. The minimum Gasteiger partial charge on any atom is -0.343 e. The van der Waals surface area contributed by atoms with Gasteiger partial charge in [-0.2, -0.15) is 9.78 Å². The molecule has 2 aliphatic heterocycles. The van der Waals surface area contributed by atoms with Crippen LogP contribution in [0, 0.1) is 0 Å². The maximum absolute atomic E-state index is 5.00. The maximum Gasteiger partial charge on any atom is 0.246 e. The molecule has 0 bridgehead atoms. The Morgan fingerprint density at radius 2 is 1.38 bits per heavy atom. The molecule has 0 N–H and O–H groups in total. The first-order valence-electron chi connectivity index (χ1n) is 2.52. The van der Waals surface area contributed by atoms with E-state index in [1.807, 2.05) is 0 Å². The van der Waals surface area contributed by atoms with Crippen LogP contribution in [0.2, 0.25) is 0 Å². The Bertz CT molecular complexity index is 82.0. The quantitative estimate of drug-likeness (QED) is 0.407. The molecule has 0 amide bonds. The van der Waals surface area contributed by atoms with Crippen molar-refractivity contribution in [3.05, 3.63) is 0 Å². The Balaban J connectivity index is 1.92. The lowest BCUT2D eigenvalue weighted by atomic mass is 10.5. The second kappa shape index (κ2) is 1.66. The Kier molecular flexibility index (Phi) is 0.976. The Morgan fingerprint density at radius 3 is 1.62 bits per heavy atom. The van der Waals surface area contributed by atoms with Crippen LogP contribution in [0.4, 0.5) is 0 Å². The lowest BCUT2D eigenvalue weighted by molar-refractivity contribution is -0.579. The molecule has 0 aromatic rings. The van der Waals surface area contributed by atoms with Crippen LogP contribution in [-0.2, 0) is 19.2 Å². The van der Waals surface area contributed by atoms with Crippen molar-refractivity contribution in [1.29, 1.82) is 0 Å². The molecule has 0 aromatic heterocycles. The van der Waals surface area contributed by atoms with Gasteiger partial charge in [0.05, 0.1) is 13.2 Å². The van der Waals surface area contributed by atoms with E-state index in [0.717, 1.165) is 0 Å². The third-order valence-corrected chi connectivity index (χ3v) is 1.12. The molecule has 0 aliphatic carbocycles. The van der Waals surface area contributed by atoms with Gasteiger partial charge in [0.15, 0.2) is 0 Å². The van der Waals surface area contributed by atoms with Crippen molar-refractivity contribution in [2.75, 3.05) is 13.2 Å². The third kappa shape index (κ3) is 0.545. The first kappa shape index (κ1) is 4.69. The van der Waals surface area contributed by atoms with Gasteiger partial charge in [-0.15, -0.1) is 0 Å². The first-order chi connectivity index (χ1) is 3.97. The van der Waals surface area contributed by atoms with E-state index in [1.165, 1.54) is 0 Å². The molecule has 2 unspecified atom stereocenters. The highest BCUT2D eigenvalue weighted by atomic mass is 17.3. The summed E-state index contributed by atoms with van der Waals surface area (Å²) in [4.78, 5) is 8.97. The average Bonchev–Trinajstić information content (AvgIpc) is 1.72. The topological polar surface area (TPSA) is 36.9 Å². The van der Waals surface area contributed by atoms with E-state index in [0.29, 0.717) is 13.2 Å². The monoisotopic (exact) mass is 118 g/mol. The average molecular weight is 118 g/mol. The summed E-state index contributed by atoms with van der Waals surface area (Å²) in [6.45, 7) is 1.20. The summed E-state index contributed by atoms with van der Waals surface area (Å²) in [6, 6.07) is 0. The Morgan fingerprint density at radius 1 is 0.875 bits per heavy atom. The van der Waals surface area contributed by atoms with Gasteiger partial charge < -0.3 is 9.47 Å². The lowest BCUT2D eigenvalue weighted by Crippen LogP contribution is -2.50. The van der Waals surface area contributed by atoms with E-state index in [1.54, 1.807) is 0 Å². The highest BCUT2D eigenvalue weighted by Gasteiger charge is 2.39. The SMILES string of the molecule is C1COC2OOC2O1. The molecule has 8 heavy (non-hydrogen) atoms. The van der Waals surface area contributed by atoms with Gasteiger partial charge in [0.1, 0.15) is 0 Å². The zero-order valence-corrected chi connectivity index (χ0v) is 4.20. The maximum atomic E-state index is 5.00. The molecule has 0 radical (unpaired) electrons. The van der Waals surface area contributed by atoms with Crippen molar-refractivity contribution in [3.8, 4) is 0 Å². The van der Waals surface area contributed by atoms with Gasteiger partial charge in [-0.05, 0) is 0 Å². The second-order valence-electron chi connectivity index (χ2n) is 1.67. The predicted molar refractivity (Wildman–Crippen MR) is 21.6 cm³/mol. The smallest absolute Gasteiger partial charge is 0.246 e. The van der Waals surface area contributed by atoms with Gasteiger partial charge in [-0.25, -0.2) is 0 Å². The number of rotatable bonds is 0. The van der Waals surface area contributed by atoms with Gasteiger partial charge in [-0.1, -0.05) is 0 Å². The lowest BCUT2D eigenvalue weighted by Gasteiger charge is -2.36. The van der Waals surface area contributed by atoms with Crippen molar-refractivity contribution in [3.63, 3.8) is 0 Å². The number of fused-ring (bicyclic) bond motifs is 1. The largest absolute Gasteiger partial charge is 0.343 e. The molecule has 46 valence electrons. The summed E-state index contributed by atoms with van der Waals surface area (Å²) >= 11 is 0. The fourth-order valence-corrected chi connectivity index (χ4v) is 0.688. The van der Waals surface area contributed by atoms with Gasteiger partial charge in [-0.3, -0.25) is 0 Å². The van der Waals surface area contributed by atoms with Gasteiger partial charge in [0.2, 0.25) is 12.6 Å². The predicted octanol–water partition coefficient (Wildman–Crippen LogP) is -0.353. The zero-order chi connectivity index (χ0) is 5.40. The van der Waals surface area contributed by atoms with Crippen LogP contribution in [0.5, 0.6) is 0 Å². The van der Waals surface area contributed by atoms with Gasteiger partial charge in [0.25, 0.3) is 0 Å². The number of hydrogen-bond donors (Lipinski definition) is 0. The molecular weight excluding hydrogens is 112 g/mol. The van der Waals surface area contributed by atoms with Crippen LogP contribution in [0.3, 0.4) is 0 Å². The van der Waals surface area contributed by atoms with Crippen LogP contribution in [0.25, 0.3) is 0 Å². The van der Waals surface area contributed by atoms with E-state index in [2.05, 4.69) is 9.78 Å². The minimum atomic E-state index is -0.260. The zero-order valence-electron chi connectivity index (χ0n) is 4.20. The van der Waals surface area contributed by atoms with Crippen molar-refractivity contribution in [1.82, 2.24) is 0 Å². The minimum absolute atomic E-state index is 0.260. The molecule has 4 nitrogen and oxygen atoms in total. The molecule has 2 heterocycles. The van der Waals surface area contributed by atoms with Crippen molar-refractivity contribution < 1.29 is 19.2 Å². The Hall–Kier alpha value is -0.160. The summed E-state index contributed by atoms with van der Waals surface area (Å²) in [6.07, 6.45) is -0.521. The first-order valence-corrected chi connectivity index (χ1v) is 2.52. The van der Waals surface area contributed by atoms with Crippen LogP contribution in [0.1, 0.15) is 0 Å². The molecule has 2 aliphatic rings. The van der Waals surface area contributed by atoms with Crippen molar-refractivity contribution in [2.45, 2.75) is 12.6 Å². The summed E-state index contributed by atoms with van der Waals surface area (Å²) in [5, 5.41) is 0. The fraction of sp³-hybridized carbons (Fsp3) is 1.00. The molecule has 4 heteroatoms. The van der Waals surface area contributed by atoms with E-state index in [4.69, 9.17) is 9.47 Å². The van der Waals surface area contributed by atoms with Crippen LogP contribution in [-0.4, -0.2) is 25.8 Å². The summed E-state index contributed by atoms with van der Waals surface area (Å²) in [7, 11) is 0. The van der Waals surface area contributed by atoms with Gasteiger partial charge >= 0.3 is 0 Å². The summed E-state index contributed by atoms with van der Waals surface area (Å²) < 4.78 is 10.0. The van der Waals surface area contributed by atoms with Crippen molar-refractivity contribution >= 4 is 0 Å². The number of hydrogen-bond acceptors (Lipinski definition) is 4. The van der Waals surface area contributed by atoms with Gasteiger partial charge in [0, 0.05) is 0 Å². The van der Waals surface area contributed by atoms with E-state index < -0.39 is 0 Å². The second-order valence-corrected chi connectivity index (χ2v) is 1.67. The molecule has 2 saturated heterocycles. The van der Waals surface area contributed by atoms with Crippen molar-refractivity contribution in [2.24, 2.45) is 0 Å². The summed E-state index contributed by atoms with van der Waals surface area (Å²) in [5.74, 6) is 0. The van der Waals surface area contributed by atoms with E-state index in [9.17, 15) is 0 Å². The fourth-order valence-electron chi connectivity index (χ4n) is 0.688. The number of ether oxygens (including phenoxy) is 2. The van der Waals surface area contributed by atoms with Crippen LogP contribution >= 0.6 is 0 Å². The van der Waals surface area contributed by atoms with E-state index >= 15 is 0 Å². The molecule has 2 rings (SSSR count). The van der Waals surface area contributed by atoms with Crippen LogP contribution in [0.15, 0.2) is 0 Å². The molecular formula is C4H6O4. The molecule has 2 atom stereocenters.